The number of thioether (sulfide) groups is 1. The number of nitrogens with zero attached hydrogens (tertiary/aromatic N) is 2. The van der Waals surface area contributed by atoms with E-state index in [2.05, 4.69) is 15.5 Å². The van der Waals surface area contributed by atoms with Crippen LogP contribution in [0.1, 0.15) is 34.7 Å². The number of hydrogen-bond acceptors (Lipinski definition) is 6. The standard InChI is InChI=1S/C16H19N3O3S/c1-11-7-12(19-22-11)8-23-15-13(3-2-6-17-15)14(21)18-9-16(10-20)4-5-16/h2-3,6-7,20H,4-5,8-10H2,1H3,(H,18,21). The van der Waals surface area contributed by atoms with E-state index in [1.165, 1.54) is 11.8 Å². The van der Waals surface area contributed by atoms with Crippen LogP contribution in [0.5, 0.6) is 0 Å². The number of pyridine rings is 1. The molecule has 2 heterocycles. The Labute approximate surface area is 138 Å². The third kappa shape index (κ3) is 3.92. The van der Waals surface area contributed by atoms with Crippen LogP contribution in [0.25, 0.3) is 0 Å². The molecule has 0 saturated heterocycles. The molecule has 0 aliphatic heterocycles. The number of aliphatic hydroxyl groups is 1. The molecule has 1 amide bonds. The fourth-order valence-electron chi connectivity index (χ4n) is 2.24. The Morgan fingerprint density at radius 2 is 2.35 bits per heavy atom. The van der Waals surface area contributed by atoms with Gasteiger partial charge in [0, 0.05) is 30.0 Å². The molecule has 0 bridgehead atoms. The van der Waals surface area contributed by atoms with Crippen molar-refractivity contribution in [1.82, 2.24) is 15.5 Å². The summed E-state index contributed by atoms with van der Waals surface area (Å²) in [6.45, 7) is 2.47. The first kappa shape index (κ1) is 16.0. The molecule has 1 aliphatic carbocycles. The number of aromatic nitrogens is 2. The predicted octanol–water partition coefficient (Wildman–Crippen LogP) is 2.17. The first-order valence-corrected chi connectivity index (χ1v) is 8.49. The Morgan fingerprint density at radius 1 is 1.52 bits per heavy atom. The number of aliphatic hydroxyl groups excluding tert-OH is 1. The van der Waals surface area contributed by atoms with Gasteiger partial charge in [-0.15, -0.1) is 0 Å². The normalized spacial score (nSPS) is 15.4. The average Bonchev–Trinajstić information content (AvgIpc) is 3.25. The lowest BCUT2D eigenvalue weighted by atomic mass is 10.1. The summed E-state index contributed by atoms with van der Waals surface area (Å²) in [5, 5.41) is 16.8. The summed E-state index contributed by atoms with van der Waals surface area (Å²) in [5.41, 5.74) is 1.26. The Hall–Kier alpha value is -1.86. The highest BCUT2D eigenvalue weighted by Crippen LogP contribution is 2.44. The number of hydrogen-bond donors (Lipinski definition) is 2. The number of amides is 1. The van der Waals surface area contributed by atoms with E-state index in [4.69, 9.17) is 4.52 Å². The van der Waals surface area contributed by atoms with E-state index < -0.39 is 0 Å². The van der Waals surface area contributed by atoms with Crippen molar-refractivity contribution >= 4 is 17.7 Å². The Bertz CT molecular complexity index is 697. The van der Waals surface area contributed by atoms with Crippen LogP contribution in [0.15, 0.2) is 33.9 Å². The molecule has 1 fully saturated rings. The maximum atomic E-state index is 12.4. The van der Waals surface area contributed by atoms with Crippen molar-refractivity contribution < 1.29 is 14.4 Å². The van der Waals surface area contributed by atoms with Gasteiger partial charge in [0.15, 0.2) is 0 Å². The number of nitrogens with one attached hydrogen (secondary N) is 1. The zero-order chi connectivity index (χ0) is 16.3. The van der Waals surface area contributed by atoms with E-state index in [1.807, 2.05) is 13.0 Å². The van der Waals surface area contributed by atoms with Crippen molar-refractivity contribution in [2.45, 2.75) is 30.5 Å². The molecule has 6 nitrogen and oxygen atoms in total. The van der Waals surface area contributed by atoms with Crippen LogP contribution >= 0.6 is 11.8 Å². The molecule has 0 unspecified atom stereocenters. The van der Waals surface area contributed by atoms with Crippen LogP contribution in [-0.2, 0) is 5.75 Å². The zero-order valence-electron chi connectivity index (χ0n) is 12.9. The highest BCUT2D eigenvalue weighted by Gasteiger charge is 2.42. The van der Waals surface area contributed by atoms with E-state index in [-0.39, 0.29) is 17.9 Å². The SMILES string of the molecule is Cc1cc(CSc2ncccc2C(=O)NCC2(CO)CC2)no1. The topological polar surface area (TPSA) is 88.2 Å². The van der Waals surface area contributed by atoms with Gasteiger partial charge < -0.3 is 14.9 Å². The molecule has 1 saturated carbocycles. The highest BCUT2D eigenvalue weighted by atomic mass is 32.2. The number of rotatable bonds is 7. The molecule has 0 radical (unpaired) electrons. The van der Waals surface area contributed by atoms with Crippen LogP contribution in [-0.4, -0.2) is 34.3 Å². The van der Waals surface area contributed by atoms with Gasteiger partial charge in [-0.05, 0) is 31.9 Å². The van der Waals surface area contributed by atoms with Crippen LogP contribution in [0.4, 0.5) is 0 Å². The number of aryl methyl sites for hydroxylation is 1. The zero-order valence-corrected chi connectivity index (χ0v) is 13.7. The molecule has 0 aromatic carbocycles. The molecular weight excluding hydrogens is 314 g/mol. The molecule has 23 heavy (non-hydrogen) atoms. The number of carbonyl (C=O) groups is 1. The summed E-state index contributed by atoms with van der Waals surface area (Å²) in [6.07, 6.45) is 3.59. The molecule has 0 atom stereocenters. The van der Waals surface area contributed by atoms with E-state index in [1.54, 1.807) is 18.3 Å². The van der Waals surface area contributed by atoms with Gasteiger partial charge in [-0.1, -0.05) is 16.9 Å². The third-order valence-corrected chi connectivity index (χ3v) is 5.00. The molecule has 2 N–H and O–H groups in total. The summed E-state index contributed by atoms with van der Waals surface area (Å²) < 4.78 is 5.04. The molecule has 0 spiro atoms. The molecule has 7 heteroatoms. The monoisotopic (exact) mass is 333 g/mol. The quantitative estimate of drug-likeness (QED) is 0.755. The average molecular weight is 333 g/mol. The molecular formula is C16H19N3O3S. The van der Waals surface area contributed by atoms with Gasteiger partial charge in [0.2, 0.25) is 0 Å². The minimum absolute atomic E-state index is 0.108. The van der Waals surface area contributed by atoms with Crippen LogP contribution in [0.3, 0.4) is 0 Å². The van der Waals surface area contributed by atoms with Crippen LogP contribution in [0.2, 0.25) is 0 Å². The lowest BCUT2D eigenvalue weighted by molar-refractivity contribution is 0.0931. The first-order chi connectivity index (χ1) is 11.1. The van der Waals surface area contributed by atoms with Crippen molar-refractivity contribution in [3.63, 3.8) is 0 Å². The van der Waals surface area contributed by atoms with Crippen molar-refractivity contribution in [3.05, 3.63) is 41.4 Å². The molecule has 122 valence electrons. The predicted molar refractivity (Wildman–Crippen MR) is 86.1 cm³/mol. The minimum Gasteiger partial charge on any atom is -0.396 e. The Kier molecular flexibility index (Phi) is 4.68. The number of carbonyl (C=O) groups excluding carboxylic acids is 1. The maximum Gasteiger partial charge on any atom is 0.254 e. The van der Waals surface area contributed by atoms with Gasteiger partial charge in [0.1, 0.15) is 10.8 Å². The first-order valence-electron chi connectivity index (χ1n) is 7.51. The smallest absolute Gasteiger partial charge is 0.254 e. The summed E-state index contributed by atoms with van der Waals surface area (Å²) in [6, 6.07) is 5.38. The van der Waals surface area contributed by atoms with Crippen molar-refractivity contribution in [3.8, 4) is 0 Å². The van der Waals surface area contributed by atoms with Gasteiger partial charge in [-0.3, -0.25) is 4.79 Å². The van der Waals surface area contributed by atoms with Crippen molar-refractivity contribution in [1.29, 1.82) is 0 Å². The lowest BCUT2D eigenvalue weighted by Gasteiger charge is -2.13. The second kappa shape index (κ2) is 6.72. The second-order valence-electron chi connectivity index (χ2n) is 5.91. The van der Waals surface area contributed by atoms with Gasteiger partial charge in [0.25, 0.3) is 5.91 Å². The minimum atomic E-state index is -0.156. The van der Waals surface area contributed by atoms with Gasteiger partial charge in [0.05, 0.1) is 17.9 Å². The molecule has 2 aromatic heterocycles. The van der Waals surface area contributed by atoms with Gasteiger partial charge in [-0.25, -0.2) is 4.98 Å². The highest BCUT2D eigenvalue weighted by molar-refractivity contribution is 7.98. The summed E-state index contributed by atoms with van der Waals surface area (Å²) >= 11 is 1.45. The van der Waals surface area contributed by atoms with E-state index in [9.17, 15) is 9.90 Å². The fraction of sp³-hybridized carbons (Fsp3) is 0.438. The molecule has 3 rings (SSSR count). The fourth-order valence-corrected chi connectivity index (χ4v) is 3.11. The Morgan fingerprint density at radius 3 is 3.00 bits per heavy atom. The molecule has 2 aromatic rings. The van der Waals surface area contributed by atoms with Gasteiger partial charge in [-0.2, -0.15) is 0 Å². The van der Waals surface area contributed by atoms with Crippen LogP contribution < -0.4 is 5.32 Å². The van der Waals surface area contributed by atoms with Crippen LogP contribution in [0, 0.1) is 12.3 Å². The largest absolute Gasteiger partial charge is 0.396 e. The second-order valence-corrected chi connectivity index (χ2v) is 6.88. The summed E-state index contributed by atoms with van der Waals surface area (Å²) in [4.78, 5) is 16.7. The van der Waals surface area contributed by atoms with E-state index in [0.717, 1.165) is 24.3 Å². The van der Waals surface area contributed by atoms with E-state index >= 15 is 0 Å². The summed E-state index contributed by atoms with van der Waals surface area (Å²) in [5.74, 6) is 1.20. The molecule has 1 aliphatic rings. The van der Waals surface area contributed by atoms with Gasteiger partial charge >= 0.3 is 0 Å². The van der Waals surface area contributed by atoms with E-state index in [0.29, 0.717) is 22.9 Å². The van der Waals surface area contributed by atoms with Crippen molar-refractivity contribution in [2.24, 2.45) is 5.41 Å². The maximum absolute atomic E-state index is 12.4. The summed E-state index contributed by atoms with van der Waals surface area (Å²) in [7, 11) is 0. The van der Waals surface area contributed by atoms with Crippen molar-refractivity contribution in [2.75, 3.05) is 13.2 Å². The lowest BCUT2D eigenvalue weighted by Crippen LogP contribution is -2.32. The third-order valence-electron chi connectivity index (χ3n) is 3.97. The Balaban J connectivity index is 1.63.